The van der Waals surface area contributed by atoms with Crippen molar-refractivity contribution in [1.29, 1.82) is 0 Å². The lowest BCUT2D eigenvalue weighted by molar-refractivity contribution is -0.160. The highest BCUT2D eigenvalue weighted by Gasteiger charge is 2.51. The Bertz CT molecular complexity index is 1720. The molecule has 50 heavy (non-hydrogen) atoms. The van der Waals surface area contributed by atoms with Crippen LogP contribution >= 0.6 is 0 Å². The molecule has 0 fully saturated rings. The van der Waals surface area contributed by atoms with Crippen LogP contribution in [-0.2, 0) is 23.8 Å². The van der Waals surface area contributed by atoms with Gasteiger partial charge in [-0.2, -0.15) is 0 Å². The van der Waals surface area contributed by atoms with Crippen molar-refractivity contribution >= 4 is 29.2 Å². The highest BCUT2D eigenvalue weighted by atomic mass is 16.7. The second-order valence-electron chi connectivity index (χ2n) is 13.4. The van der Waals surface area contributed by atoms with Crippen LogP contribution in [0.1, 0.15) is 85.1 Å². The summed E-state index contributed by atoms with van der Waals surface area (Å²) in [6.45, 7) is 12.3. The number of aliphatic hydroxyl groups is 2. The molecular formula is C37H45NO12. The number of nitrogens with one attached hydrogen (secondary N) is 1. The van der Waals surface area contributed by atoms with Crippen molar-refractivity contribution < 1.29 is 58.2 Å². The van der Waals surface area contributed by atoms with Gasteiger partial charge in [-0.05, 0) is 19.9 Å². The van der Waals surface area contributed by atoms with Crippen LogP contribution in [0.2, 0.25) is 0 Å². The Balaban J connectivity index is 1.83. The van der Waals surface area contributed by atoms with Crippen molar-refractivity contribution in [2.45, 2.75) is 85.6 Å². The van der Waals surface area contributed by atoms with E-state index < -0.39 is 100 Å². The van der Waals surface area contributed by atoms with E-state index in [1.165, 1.54) is 47.0 Å². The quantitative estimate of drug-likeness (QED) is 0.329. The fourth-order valence-electron chi connectivity index (χ4n) is 6.62. The Hall–Kier alpha value is -4.59. The van der Waals surface area contributed by atoms with Crippen LogP contribution in [-0.4, -0.2) is 81.9 Å². The molecule has 270 valence electrons. The van der Waals surface area contributed by atoms with E-state index in [1.54, 1.807) is 39.8 Å². The lowest BCUT2D eigenvalue weighted by Gasteiger charge is -2.38. The smallest absolute Gasteiger partial charge is 0.312 e. The Morgan fingerprint density at radius 3 is 2.22 bits per heavy atom. The molecule has 1 aromatic rings. The molecule has 13 nitrogen and oxygen atoms in total. The number of aromatic hydroxyl groups is 1. The summed E-state index contributed by atoms with van der Waals surface area (Å²) >= 11 is 0. The molecule has 9 atom stereocenters. The predicted molar refractivity (Wildman–Crippen MR) is 179 cm³/mol. The number of phenols is 1. The summed E-state index contributed by atoms with van der Waals surface area (Å²) in [6, 6.07) is 0. The zero-order valence-corrected chi connectivity index (χ0v) is 29.6. The molecule has 9 unspecified atom stereocenters. The number of aliphatic hydroxyl groups excluding tert-OH is 2. The van der Waals surface area contributed by atoms with E-state index in [0.717, 1.165) is 12.3 Å². The summed E-state index contributed by atoms with van der Waals surface area (Å²) in [5, 5.41) is 36.1. The van der Waals surface area contributed by atoms with Crippen LogP contribution in [0.25, 0.3) is 0 Å². The van der Waals surface area contributed by atoms with E-state index >= 15 is 0 Å². The molecule has 13 heteroatoms. The molecule has 4 N–H and O–H groups in total. The number of esters is 1. The van der Waals surface area contributed by atoms with Gasteiger partial charge in [0.05, 0.1) is 47.0 Å². The van der Waals surface area contributed by atoms with Gasteiger partial charge in [0.2, 0.25) is 5.78 Å². The minimum atomic E-state index is -2.03. The number of Topliss-reactive ketones (excluding diaryl/α,β-unsaturated/α-hetero) is 2. The number of fused-ring (bicyclic) bond motifs is 14. The van der Waals surface area contributed by atoms with E-state index in [0.29, 0.717) is 0 Å². The predicted octanol–water partition coefficient (Wildman–Crippen LogP) is 3.63. The van der Waals surface area contributed by atoms with Crippen LogP contribution in [0, 0.1) is 30.6 Å². The zero-order chi connectivity index (χ0) is 37.4. The van der Waals surface area contributed by atoms with E-state index in [2.05, 4.69) is 5.32 Å². The number of carbonyl (C=O) groups is 5. The van der Waals surface area contributed by atoms with Gasteiger partial charge in [-0.3, -0.25) is 24.0 Å². The van der Waals surface area contributed by atoms with Crippen molar-refractivity contribution in [3.05, 3.63) is 70.2 Å². The fraction of sp³-hybridized carbons (Fsp3) is 0.486. The van der Waals surface area contributed by atoms with Crippen LogP contribution in [0.3, 0.4) is 0 Å². The largest absolute Gasteiger partial charge is 0.507 e. The molecule has 3 heterocycles. The number of amides is 1. The standard InChI is InChI=1S/C37H45NO12/c1-16-11-10-12-17(2)36(46)38-23-15-24(40)26-27(32(23)44)31(43)21(6)34-28(26)35(45)37(8,50-34)48-14-13-25(47-9)18(3)33(49-22(7)39)20(5)30(42)19(4)29(16)41/h10-16,18-20,25,29-30,33,41-43H,1-9H3,(H,38,46)/b11-10+,14-13?,17-12?. The Labute approximate surface area is 290 Å². The maximum absolute atomic E-state index is 13.9. The van der Waals surface area contributed by atoms with Gasteiger partial charge >= 0.3 is 11.8 Å². The number of methoxy groups -OCH3 is 1. The molecule has 5 bridgehead atoms. The van der Waals surface area contributed by atoms with Gasteiger partial charge in [-0.15, -0.1) is 0 Å². The number of ether oxygens (including phenoxy) is 4. The first-order valence-electron chi connectivity index (χ1n) is 16.4. The summed E-state index contributed by atoms with van der Waals surface area (Å²) < 4.78 is 23.1. The second kappa shape index (κ2) is 14.7. The maximum Gasteiger partial charge on any atom is 0.312 e. The number of carbonyl (C=O) groups excluding carboxylic acids is 5. The first-order valence-corrected chi connectivity index (χ1v) is 16.4. The molecule has 5 rings (SSSR count). The van der Waals surface area contributed by atoms with Crippen molar-refractivity contribution in [2.75, 3.05) is 7.11 Å². The summed E-state index contributed by atoms with van der Waals surface area (Å²) in [6.07, 6.45) is 4.31. The summed E-state index contributed by atoms with van der Waals surface area (Å²) in [5.74, 6) is -8.99. The second-order valence-corrected chi connectivity index (χ2v) is 13.4. The lowest BCUT2D eigenvalue weighted by Crippen LogP contribution is -2.46. The van der Waals surface area contributed by atoms with Crippen LogP contribution < -0.4 is 10.1 Å². The lowest BCUT2D eigenvalue weighted by atomic mass is 9.78. The third kappa shape index (κ3) is 7.03. The van der Waals surface area contributed by atoms with Crippen LogP contribution in [0.5, 0.6) is 11.5 Å². The molecule has 0 aromatic heterocycles. The molecule has 0 radical (unpaired) electrons. The van der Waals surface area contributed by atoms with Gasteiger partial charge in [0.15, 0.2) is 5.78 Å². The van der Waals surface area contributed by atoms with Gasteiger partial charge < -0.3 is 39.6 Å². The number of hydrogen-bond acceptors (Lipinski definition) is 12. The molecule has 1 aromatic carbocycles. The minimum Gasteiger partial charge on any atom is -0.507 e. The summed E-state index contributed by atoms with van der Waals surface area (Å²) in [4.78, 5) is 66.2. The number of rotatable bonds is 2. The molecule has 3 aliphatic heterocycles. The maximum atomic E-state index is 13.9. The van der Waals surface area contributed by atoms with E-state index in [1.807, 2.05) is 0 Å². The summed E-state index contributed by atoms with van der Waals surface area (Å²) in [5.41, 5.74) is -1.31. The van der Waals surface area contributed by atoms with Crippen molar-refractivity contribution in [2.24, 2.45) is 23.7 Å². The van der Waals surface area contributed by atoms with Crippen LogP contribution in [0.4, 0.5) is 0 Å². The van der Waals surface area contributed by atoms with Gasteiger partial charge in [0.25, 0.3) is 11.7 Å². The monoisotopic (exact) mass is 695 g/mol. The Morgan fingerprint density at radius 1 is 0.940 bits per heavy atom. The van der Waals surface area contributed by atoms with E-state index in [4.69, 9.17) is 18.9 Å². The normalized spacial score (nSPS) is 32.8. The molecule has 0 spiro atoms. The Kier molecular flexibility index (Phi) is 11.2. The molecule has 1 aliphatic carbocycles. The van der Waals surface area contributed by atoms with Crippen LogP contribution in [0.15, 0.2) is 47.9 Å². The molecule has 0 saturated heterocycles. The first kappa shape index (κ1) is 38.2. The summed E-state index contributed by atoms with van der Waals surface area (Å²) in [7, 11) is 1.42. The number of phenolic OH excluding ortho intramolecular Hbond substituents is 1. The third-order valence-corrected chi connectivity index (χ3v) is 9.80. The van der Waals surface area contributed by atoms with Crippen molar-refractivity contribution in [3.8, 4) is 11.5 Å². The molecular weight excluding hydrogens is 650 g/mol. The van der Waals surface area contributed by atoms with E-state index in [-0.39, 0.29) is 28.0 Å². The van der Waals surface area contributed by atoms with E-state index in [9.17, 15) is 39.3 Å². The van der Waals surface area contributed by atoms with Crippen molar-refractivity contribution in [1.82, 2.24) is 5.32 Å². The first-order chi connectivity index (χ1) is 23.4. The topological polar surface area (TPSA) is 195 Å². The highest BCUT2D eigenvalue weighted by Crippen LogP contribution is 2.47. The fourth-order valence-corrected chi connectivity index (χ4v) is 6.62. The molecule has 1 amide bonds. The molecule has 0 saturated carbocycles. The van der Waals surface area contributed by atoms with Gasteiger partial charge in [0, 0.05) is 61.8 Å². The average molecular weight is 696 g/mol. The van der Waals surface area contributed by atoms with Gasteiger partial charge in [-0.1, -0.05) is 45.9 Å². The number of ketones is 3. The highest BCUT2D eigenvalue weighted by molar-refractivity contribution is 6.30. The SMILES string of the molecule is COC1C=COC2(C)Oc3c(C)c(O)c4c(c3C2=O)C(=O)C=C(NC(=O)C(C)=C/C=C/C(C)C(O)C(C)C(O)C(C)C(OC(C)=O)C1C)C4=O. The Morgan fingerprint density at radius 2 is 1.60 bits per heavy atom. The van der Waals surface area contributed by atoms with Gasteiger partial charge in [-0.25, -0.2) is 0 Å². The van der Waals surface area contributed by atoms with Gasteiger partial charge in [0.1, 0.15) is 17.6 Å². The number of hydrogen-bond donors (Lipinski definition) is 4. The third-order valence-electron chi connectivity index (χ3n) is 9.80. The average Bonchev–Trinajstić information content (AvgIpc) is 3.33. The number of benzene rings is 1. The minimum absolute atomic E-state index is 0.00885. The molecule has 4 aliphatic rings. The zero-order valence-electron chi connectivity index (χ0n) is 29.6. The number of allylic oxidation sites excluding steroid dienone is 4. The van der Waals surface area contributed by atoms with Crippen molar-refractivity contribution in [3.63, 3.8) is 0 Å².